The number of carbonyl (C=O) groups is 1. The molecule has 0 aliphatic carbocycles. The number of carbonyl (C=O) groups excluding carboxylic acids is 1. The van der Waals surface area contributed by atoms with Gasteiger partial charge in [-0.05, 0) is 38.5 Å². The van der Waals surface area contributed by atoms with Crippen LogP contribution < -0.4 is 10.2 Å². The fourth-order valence-electron chi connectivity index (χ4n) is 2.48. The highest BCUT2D eigenvalue weighted by Crippen LogP contribution is 2.31. The van der Waals surface area contributed by atoms with Crippen molar-refractivity contribution in [2.45, 2.75) is 20.8 Å². The van der Waals surface area contributed by atoms with Gasteiger partial charge >= 0.3 is 0 Å². The Bertz CT molecular complexity index is 965. The Morgan fingerprint density at radius 3 is 2.38 bits per heavy atom. The summed E-state index contributed by atoms with van der Waals surface area (Å²) in [5.41, 5.74) is 3.07. The predicted octanol–water partition coefficient (Wildman–Crippen LogP) is 4.04. The van der Waals surface area contributed by atoms with Crippen LogP contribution in [0.25, 0.3) is 22.3 Å². The highest BCUT2D eigenvalue weighted by molar-refractivity contribution is 5.83. The topological polar surface area (TPSA) is 56.5 Å². The molecule has 3 rings (SSSR count). The molecule has 0 spiro atoms. The normalized spacial score (nSPS) is 10.8. The van der Waals surface area contributed by atoms with Gasteiger partial charge in [0.2, 0.25) is 11.2 Å². The number of ether oxygens (including phenoxy) is 1. The van der Waals surface area contributed by atoms with E-state index in [0.29, 0.717) is 16.7 Å². The Balaban J connectivity index is 2.27. The van der Waals surface area contributed by atoms with Crippen LogP contribution in [-0.4, -0.2) is 12.4 Å². The number of ketones is 1. The Kier molecular flexibility index (Phi) is 4.21. The molecule has 1 heterocycles. The second kappa shape index (κ2) is 6.32. The second-order valence-electron chi connectivity index (χ2n) is 5.95. The summed E-state index contributed by atoms with van der Waals surface area (Å²) in [4.78, 5) is 24.1. The molecule has 0 saturated heterocycles. The summed E-state index contributed by atoms with van der Waals surface area (Å²) in [5.74, 6) is 0.262. The van der Waals surface area contributed by atoms with Gasteiger partial charge in [0, 0.05) is 5.56 Å². The fourth-order valence-corrected chi connectivity index (χ4v) is 2.48. The minimum absolute atomic E-state index is 0.0745. The molecular formula is C20H18O4. The summed E-state index contributed by atoms with van der Waals surface area (Å²) >= 11 is 0. The van der Waals surface area contributed by atoms with E-state index >= 15 is 0 Å². The number of rotatable bonds is 4. The Morgan fingerprint density at radius 1 is 1.04 bits per heavy atom. The van der Waals surface area contributed by atoms with E-state index in [0.717, 1.165) is 16.7 Å². The molecule has 4 nitrogen and oxygen atoms in total. The highest BCUT2D eigenvalue weighted by atomic mass is 16.5. The number of aryl methyl sites for hydroxylation is 2. The van der Waals surface area contributed by atoms with Crippen LogP contribution in [0.4, 0.5) is 0 Å². The van der Waals surface area contributed by atoms with Gasteiger partial charge in [0.15, 0.2) is 11.5 Å². The largest absolute Gasteiger partial charge is 0.478 e. The lowest BCUT2D eigenvalue weighted by Gasteiger charge is -2.11. The van der Waals surface area contributed by atoms with E-state index in [9.17, 15) is 9.59 Å². The third kappa shape index (κ3) is 3.08. The van der Waals surface area contributed by atoms with Crippen molar-refractivity contribution >= 4 is 16.8 Å². The number of Topliss-reactive ketones (excluding diaryl/α,β-unsaturated/α-hetero) is 1. The molecule has 1 aromatic heterocycles. The molecule has 4 heteroatoms. The van der Waals surface area contributed by atoms with E-state index in [1.165, 1.54) is 6.92 Å². The average molecular weight is 322 g/mol. The zero-order valence-electron chi connectivity index (χ0n) is 13.9. The maximum absolute atomic E-state index is 12.8. The van der Waals surface area contributed by atoms with Crippen LogP contribution in [0.5, 0.6) is 5.75 Å². The summed E-state index contributed by atoms with van der Waals surface area (Å²) in [7, 11) is 0. The molecular weight excluding hydrogens is 304 g/mol. The Labute approximate surface area is 139 Å². The third-order valence-electron chi connectivity index (χ3n) is 3.74. The summed E-state index contributed by atoms with van der Waals surface area (Å²) in [6.07, 6.45) is 0. The van der Waals surface area contributed by atoms with Crippen molar-refractivity contribution in [2.75, 3.05) is 6.61 Å². The quantitative estimate of drug-likeness (QED) is 0.727. The zero-order valence-corrected chi connectivity index (χ0v) is 13.9. The minimum atomic E-state index is -0.270. The summed E-state index contributed by atoms with van der Waals surface area (Å²) in [6.45, 7) is 5.17. The lowest BCUT2D eigenvalue weighted by atomic mass is 10.1. The van der Waals surface area contributed by atoms with Crippen molar-refractivity contribution in [3.05, 3.63) is 63.8 Å². The first-order chi connectivity index (χ1) is 11.5. The second-order valence-corrected chi connectivity index (χ2v) is 5.95. The van der Waals surface area contributed by atoms with Gasteiger partial charge in [-0.2, -0.15) is 0 Å². The van der Waals surface area contributed by atoms with Gasteiger partial charge in [-0.15, -0.1) is 0 Å². The van der Waals surface area contributed by atoms with Gasteiger partial charge in [-0.1, -0.05) is 35.9 Å². The van der Waals surface area contributed by atoms with E-state index in [-0.39, 0.29) is 23.6 Å². The van der Waals surface area contributed by atoms with Gasteiger partial charge in [0.05, 0.1) is 5.39 Å². The third-order valence-corrected chi connectivity index (χ3v) is 3.74. The molecule has 0 amide bonds. The van der Waals surface area contributed by atoms with Crippen LogP contribution in [0.1, 0.15) is 18.1 Å². The molecule has 2 aromatic carbocycles. The predicted molar refractivity (Wildman–Crippen MR) is 93.6 cm³/mol. The summed E-state index contributed by atoms with van der Waals surface area (Å²) in [6, 6.07) is 13.0. The van der Waals surface area contributed by atoms with Crippen LogP contribution in [0, 0.1) is 13.8 Å². The average Bonchev–Trinajstić information content (AvgIpc) is 2.54. The molecule has 0 bridgehead atoms. The summed E-state index contributed by atoms with van der Waals surface area (Å²) < 4.78 is 11.5. The molecule has 0 atom stereocenters. The molecule has 3 aromatic rings. The van der Waals surface area contributed by atoms with Gasteiger partial charge in [-0.3, -0.25) is 9.59 Å². The molecule has 0 aliphatic rings. The highest BCUT2D eigenvalue weighted by Gasteiger charge is 2.18. The first-order valence-corrected chi connectivity index (χ1v) is 7.72. The smallest absolute Gasteiger partial charge is 0.235 e. The van der Waals surface area contributed by atoms with Crippen molar-refractivity contribution in [3.63, 3.8) is 0 Å². The lowest BCUT2D eigenvalue weighted by Crippen LogP contribution is -2.14. The standard InChI is InChI=1S/C20H18O4/c1-12-4-7-15(8-5-12)19-20(23-11-14(3)21)18(22)16-9-6-13(2)10-17(16)24-19/h4-10H,11H2,1-3H3. The first kappa shape index (κ1) is 16.0. The van der Waals surface area contributed by atoms with Gasteiger partial charge in [0.1, 0.15) is 12.2 Å². The number of fused-ring (bicyclic) bond motifs is 1. The van der Waals surface area contributed by atoms with Crippen molar-refractivity contribution in [2.24, 2.45) is 0 Å². The summed E-state index contributed by atoms with van der Waals surface area (Å²) in [5, 5.41) is 0.440. The molecule has 0 radical (unpaired) electrons. The van der Waals surface area contributed by atoms with Gasteiger partial charge in [-0.25, -0.2) is 0 Å². The maximum atomic E-state index is 12.8. The fraction of sp³-hybridized carbons (Fsp3) is 0.200. The number of benzene rings is 2. The van der Waals surface area contributed by atoms with E-state index in [4.69, 9.17) is 9.15 Å². The Morgan fingerprint density at radius 2 is 1.71 bits per heavy atom. The molecule has 0 fully saturated rings. The van der Waals surface area contributed by atoms with Crippen LogP contribution >= 0.6 is 0 Å². The molecule has 0 unspecified atom stereocenters. The van der Waals surface area contributed by atoms with Crippen LogP contribution in [0.2, 0.25) is 0 Å². The first-order valence-electron chi connectivity index (χ1n) is 7.72. The van der Waals surface area contributed by atoms with Crippen molar-refractivity contribution in [3.8, 4) is 17.1 Å². The monoisotopic (exact) mass is 322 g/mol. The minimum Gasteiger partial charge on any atom is -0.478 e. The van der Waals surface area contributed by atoms with Gasteiger partial charge < -0.3 is 9.15 Å². The Hall–Kier alpha value is -2.88. The van der Waals surface area contributed by atoms with Crippen molar-refractivity contribution in [1.82, 2.24) is 0 Å². The lowest BCUT2D eigenvalue weighted by molar-refractivity contribution is -0.118. The SMILES string of the molecule is CC(=O)COc1c(-c2ccc(C)cc2)oc2cc(C)ccc2c1=O. The van der Waals surface area contributed by atoms with Crippen LogP contribution in [-0.2, 0) is 4.79 Å². The number of hydrogen-bond donors (Lipinski definition) is 0. The molecule has 0 N–H and O–H groups in total. The van der Waals surface area contributed by atoms with Crippen LogP contribution in [0.15, 0.2) is 51.7 Å². The van der Waals surface area contributed by atoms with E-state index in [1.54, 1.807) is 6.07 Å². The van der Waals surface area contributed by atoms with Crippen molar-refractivity contribution < 1.29 is 13.9 Å². The van der Waals surface area contributed by atoms with E-state index in [1.807, 2.05) is 50.2 Å². The van der Waals surface area contributed by atoms with Crippen LogP contribution in [0.3, 0.4) is 0 Å². The van der Waals surface area contributed by atoms with E-state index in [2.05, 4.69) is 0 Å². The molecule has 0 aliphatic heterocycles. The van der Waals surface area contributed by atoms with Crippen molar-refractivity contribution in [1.29, 1.82) is 0 Å². The molecule has 24 heavy (non-hydrogen) atoms. The van der Waals surface area contributed by atoms with Gasteiger partial charge in [0.25, 0.3) is 0 Å². The molecule has 0 saturated carbocycles. The van der Waals surface area contributed by atoms with E-state index < -0.39 is 0 Å². The maximum Gasteiger partial charge on any atom is 0.235 e. The zero-order chi connectivity index (χ0) is 17.3. The number of hydrogen-bond acceptors (Lipinski definition) is 4. The molecule has 122 valence electrons.